The Morgan fingerprint density at radius 2 is 1.80 bits per heavy atom. The van der Waals surface area contributed by atoms with Gasteiger partial charge in [0, 0.05) is 5.56 Å². The van der Waals surface area contributed by atoms with E-state index in [4.69, 9.17) is 0 Å². The van der Waals surface area contributed by atoms with Crippen LogP contribution >= 0.6 is 0 Å². The normalized spacial score (nSPS) is 11.1. The van der Waals surface area contributed by atoms with Crippen LogP contribution < -0.4 is 5.19 Å². The van der Waals surface area contributed by atoms with Gasteiger partial charge < -0.3 is 0 Å². The number of hydrogen-bond donors (Lipinski definition) is 0. The van der Waals surface area contributed by atoms with Crippen molar-refractivity contribution in [2.75, 3.05) is 0 Å². The molecular weight excluding hydrogens is 212 g/mol. The molecular formula is C13H19Si2. The number of rotatable bonds is 1. The SMILES string of the molecule is C[Si](C)c1cccc(C#C[Si](C)(C)C)c1. The highest BCUT2D eigenvalue weighted by atomic mass is 28.3. The van der Waals surface area contributed by atoms with Crippen LogP contribution in [0.3, 0.4) is 0 Å². The lowest BCUT2D eigenvalue weighted by Crippen LogP contribution is -2.22. The van der Waals surface area contributed by atoms with Crippen molar-refractivity contribution < 1.29 is 0 Å². The van der Waals surface area contributed by atoms with Crippen LogP contribution in [0.25, 0.3) is 0 Å². The third kappa shape index (κ3) is 4.50. The molecule has 0 unspecified atom stereocenters. The van der Waals surface area contributed by atoms with E-state index in [2.05, 4.69) is 68.5 Å². The van der Waals surface area contributed by atoms with Crippen molar-refractivity contribution in [3.63, 3.8) is 0 Å². The van der Waals surface area contributed by atoms with Crippen LogP contribution in [0.4, 0.5) is 0 Å². The number of hydrogen-bond acceptors (Lipinski definition) is 0. The quantitative estimate of drug-likeness (QED) is 0.515. The summed E-state index contributed by atoms with van der Waals surface area (Å²) < 4.78 is 0. The first-order valence-electron chi connectivity index (χ1n) is 5.32. The third-order valence-electron chi connectivity index (χ3n) is 2.02. The summed E-state index contributed by atoms with van der Waals surface area (Å²) in [6.07, 6.45) is 0. The Kier molecular flexibility index (Phi) is 3.95. The van der Waals surface area contributed by atoms with E-state index in [9.17, 15) is 0 Å². The van der Waals surface area contributed by atoms with Crippen LogP contribution in [0, 0.1) is 11.5 Å². The highest BCUT2D eigenvalue weighted by Gasteiger charge is 2.07. The Balaban J connectivity index is 2.95. The molecule has 0 N–H and O–H groups in total. The van der Waals surface area contributed by atoms with Gasteiger partial charge >= 0.3 is 0 Å². The molecule has 0 atom stereocenters. The predicted octanol–water partition coefficient (Wildman–Crippen LogP) is 2.88. The molecule has 1 aromatic carbocycles. The van der Waals surface area contributed by atoms with Gasteiger partial charge in [0.1, 0.15) is 8.07 Å². The monoisotopic (exact) mass is 231 g/mol. The molecule has 0 heterocycles. The summed E-state index contributed by atoms with van der Waals surface area (Å²) in [5.74, 6) is 3.31. The molecule has 79 valence electrons. The Bertz CT molecular complexity index is 389. The van der Waals surface area contributed by atoms with Gasteiger partial charge in [0.25, 0.3) is 0 Å². The van der Waals surface area contributed by atoms with Gasteiger partial charge in [-0.3, -0.25) is 0 Å². The van der Waals surface area contributed by atoms with Crippen molar-refractivity contribution in [2.45, 2.75) is 32.7 Å². The smallest absolute Gasteiger partial charge is 0.127 e. The van der Waals surface area contributed by atoms with E-state index in [1.54, 1.807) is 0 Å². The average molecular weight is 231 g/mol. The lowest BCUT2D eigenvalue weighted by molar-refractivity contribution is 1.67. The van der Waals surface area contributed by atoms with E-state index in [-0.39, 0.29) is 8.80 Å². The van der Waals surface area contributed by atoms with Crippen molar-refractivity contribution in [1.82, 2.24) is 0 Å². The second-order valence-electron chi connectivity index (χ2n) is 5.08. The van der Waals surface area contributed by atoms with Gasteiger partial charge in [0.15, 0.2) is 0 Å². The molecule has 0 bridgehead atoms. The topological polar surface area (TPSA) is 0 Å². The van der Waals surface area contributed by atoms with Crippen LogP contribution in [0.1, 0.15) is 5.56 Å². The van der Waals surface area contributed by atoms with Crippen LogP contribution in [0.5, 0.6) is 0 Å². The maximum Gasteiger partial charge on any atom is 0.129 e. The van der Waals surface area contributed by atoms with Gasteiger partial charge in [-0.25, -0.2) is 0 Å². The van der Waals surface area contributed by atoms with E-state index >= 15 is 0 Å². The highest BCUT2D eigenvalue weighted by molar-refractivity contribution is 6.83. The predicted molar refractivity (Wildman–Crippen MR) is 73.8 cm³/mol. The highest BCUT2D eigenvalue weighted by Crippen LogP contribution is 2.00. The molecule has 0 spiro atoms. The van der Waals surface area contributed by atoms with Crippen molar-refractivity contribution in [1.29, 1.82) is 0 Å². The lowest BCUT2D eigenvalue weighted by Gasteiger charge is -2.05. The van der Waals surface area contributed by atoms with Crippen molar-refractivity contribution in [3.8, 4) is 11.5 Å². The molecule has 0 saturated carbocycles. The summed E-state index contributed by atoms with van der Waals surface area (Å²) >= 11 is 0. The first-order chi connectivity index (χ1) is 6.88. The van der Waals surface area contributed by atoms with Crippen LogP contribution in [0.15, 0.2) is 24.3 Å². The van der Waals surface area contributed by atoms with Gasteiger partial charge in [-0.15, -0.1) is 5.54 Å². The van der Waals surface area contributed by atoms with Gasteiger partial charge in [-0.05, 0) is 12.1 Å². The number of benzene rings is 1. The van der Waals surface area contributed by atoms with Crippen LogP contribution in [-0.4, -0.2) is 16.9 Å². The molecule has 0 aliphatic rings. The zero-order valence-corrected chi connectivity index (χ0v) is 12.3. The van der Waals surface area contributed by atoms with Gasteiger partial charge in [0.05, 0.1) is 8.80 Å². The molecule has 0 saturated heterocycles. The van der Waals surface area contributed by atoms with E-state index in [0.29, 0.717) is 0 Å². The summed E-state index contributed by atoms with van der Waals surface area (Å²) in [6.45, 7) is 11.5. The van der Waals surface area contributed by atoms with Gasteiger partial charge in [-0.2, -0.15) is 0 Å². The van der Waals surface area contributed by atoms with Crippen LogP contribution in [-0.2, 0) is 0 Å². The Labute approximate surface area is 96.3 Å². The van der Waals surface area contributed by atoms with E-state index in [1.807, 2.05) is 0 Å². The van der Waals surface area contributed by atoms with E-state index in [1.165, 1.54) is 10.8 Å². The maximum absolute atomic E-state index is 3.40. The second kappa shape index (κ2) is 4.82. The van der Waals surface area contributed by atoms with Crippen molar-refractivity contribution in [3.05, 3.63) is 29.8 Å². The molecule has 0 aromatic heterocycles. The Morgan fingerprint density at radius 1 is 1.13 bits per heavy atom. The average Bonchev–Trinajstić information content (AvgIpc) is 2.14. The van der Waals surface area contributed by atoms with Crippen molar-refractivity contribution in [2.24, 2.45) is 0 Å². The fraction of sp³-hybridized carbons (Fsp3) is 0.385. The summed E-state index contributed by atoms with van der Waals surface area (Å²) in [5.41, 5.74) is 4.59. The maximum atomic E-state index is 3.40. The van der Waals surface area contributed by atoms with Gasteiger partial charge in [-0.1, -0.05) is 56.0 Å². The molecule has 0 nitrogen and oxygen atoms in total. The molecule has 0 amide bonds. The third-order valence-corrected chi connectivity index (χ3v) is 4.36. The zero-order valence-electron chi connectivity index (χ0n) is 10.3. The molecule has 0 aliphatic heterocycles. The fourth-order valence-corrected chi connectivity index (χ4v) is 2.56. The van der Waals surface area contributed by atoms with E-state index in [0.717, 1.165) is 0 Å². The molecule has 1 rings (SSSR count). The molecule has 0 fully saturated rings. The van der Waals surface area contributed by atoms with E-state index < -0.39 is 8.07 Å². The summed E-state index contributed by atoms with van der Waals surface area (Å²) in [5, 5.41) is 1.47. The molecule has 1 radical (unpaired) electrons. The Hall–Kier alpha value is -0.786. The molecule has 0 aliphatic carbocycles. The summed E-state index contributed by atoms with van der Waals surface area (Å²) in [7, 11) is -1.58. The standard InChI is InChI=1S/C13H19Si2/c1-14(2)13-8-6-7-12(11-13)9-10-15(3,4)5/h6-8,11H,1-5H3. The zero-order chi connectivity index (χ0) is 11.5. The summed E-state index contributed by atoms with van der Waals surface area (Å²) in [6, 6.07) is 8.71. The minimum Gasteiger partial charge on any atom is -0.127 e. The van der Waals surface area contributed by atoms with Crippen molar-refractivity contribution >= 4 is 22.1 Å². The van der Waals surface area contributed by atoms with Gasteiger partial charge in [0.2, 0.25) is 0 Å². The molecule has 15 heavy (non-hydrogen) atoms. The largest absolute Gasteiger partial charge is 0.129 e. The minimum absolute atomic E-state index is 0.344. The minimum atomic E-state index is -1.24. The molecule has 1 aromatic rings. The molecule has 2 heteroatoms. The fourth-order valence-electron chi connectivity index (χ4n) is 1.17. The second-order valence-corrected chi connectivity index (χ2v) is 12.4. The summed E-state index contributed by atoms with van der Waals surface area (Å²) in [4.78, 5) is 0. The first-order valence-corrected chi connectivity index (χ1v) is 11.3. The first kappa shape index (κ1) is 12.3. The lowest BCUT2D eigenvalue weighted by atomic mass is 10.2. The Morgan fingerprint density at radius 3 is 2.33 bits per heavy atom. The van der Waals surface area contributed by atoms with Crippen LogP contribution in [0.2, 0.25) is 32.7 Å².